The second-order valence-electron chi connectivity index (χ2n) is 4.19. The number of hydrogen-bond donors (Lipinski definition) is 1. The van der Waals surface area contributed by atoms with Crippen molar-refractivity contribution in [2.24, 2.45) is 0 Å². The molecule has 1 fully saturated rings. The van der Waals surface area contributed by atoms with Gasteiger partial charge in [-0.3, -0.25) is 4.98 Å². The number of anilines is 2. The maximum atomic E-state index is 4.60. The van der Waals surface area contributed by atoms with Crippen LogP contribution in [0.5, 0.6) is 0 Å². The van der Waals surface area contributed by atoms with Crippen molar-refractivity contribution in [1.29, 1.82) is 0 Å². The Kier molecular flexibility index (Phi) is 3.59. The van der Waals surface area contributed by atoms with Crippen LogP contribution in [0.2, 0.25) is 0 Å². The van der Waals surface area contributed by atoms with Gasteiger partial charge in [0.2, 0.25) is 0 Å². The highest BCUT2D eigenvalue weighted by Gasteiger charge is 2.24. The molecule has 2 heterocycles. The van der Waals surface area contributed by atoms with Gasteiger partial charge in [-0.1, -0.05) is 6.92 Å². The molecular formula is C12H20N4. The van der Waals surface area contributed by atoms with Gasteiger partial charge in [0.15, 0.2) is 0 Å². The lowest BCUT2D eigenvalue weighted by Gasteiger charge is -2.24. The van der Waals surface area contributed by atoms with Crippen molar-refractivity contribution >= 4 is 11.6 Å². The summed E-state index contributed by atoms with van der Waals surface area (Å²) in [5, 5.41) is 3.20. The smallest absolute Gasteiger partial charge is 0.149 e. The minimum atomic E-state index is 0.645. The van der Waals surface area contributed by atoms with Crippen LogP contribution in [0.4, 0.5) is 11.6 Å². The van der Waals surface area contributed by atoms with Gasteiger partial charge in [0.05, 0.1) is 12.4 Å². The topological polar surface area (TPSA) is 41.1 Å². The molecule has 0 amide bonds. The molecule has 0 bridgehead atoms. The molecule has 1 N–H and O–H groups in total. The van der Waals surface area contributed by atoms with Crippen LogP contribution in [0, 0.1) is 0 Å². The second kappa shape index (κ2) is 5.14. The molecule has 4 heteroatoms. The average molecular weight is 220 g/mol. The molecule has 2 rings (SSSR count). The lowest BCUT2D eigenvalue weighted by molar-refractivity contribution is 0.640. The molecule has 1 aliphatic heterocycles. The van der Waals surface area contributed by atoms with E-state index in [1.54, 1.807) is 6.20 Å². The van der Waals surface area contributed by atoms with Gasteiger partial charge in [0.1, 0.15) is 11.6 Å². The van der Waals surface area contributed by atoms with Crippen molar-refractivity contribution in [1.82, 2.24) is 9.97 Å². The third-order valence-corrected chi connectivity index (χ3v) is 3.12. The molecule has 1 aromatic heterocycles. The molecule has 1 atom stereocenters. The van der Waals surface area contributed by atoms with Gasteiger partial charge in [0.25, 0.3) is 0 Å². The van der Waals surface area contributed by atoms with Gasteiger partial charge >= 0.3 is 0 Å². The summed E-state index contributed by atoms with van der Waals surface area (Å²) in [4.78, 5) is 11.2. The first-order valence-electron chi connectivity index (χ1n) is 6.17. The Morgan fingerprint density at radius 1 is 1.44 bits per heavy atom. The number of nitrogens with one attached hydrogen (secondary N) is 1. The first-order valence-corrected chi connectivity index (χ1v) is 6.17. The summed E-state index contributed by atoms with van der Waals surface area (Å²) in [5.41, 5.74) is 0. The van der Waals surface area contributed by atoms with Crippen molar-refractivity contribution in [3.8, 4) is 0 Å². The van der Waals surface area contributed by atoms with Crippen LogP contribution in [-0.2, 0) is 0 Å². The zero-order chi connectivity index (χ0) is 11.4. The van der Waals surface area contributed by atoms with E-state index in [2.05, 4.69) is 34.0 Å². The minimum absolute atomic E-state index is 0.645. The van der Waals surface area contributed by atoms with Gasteiger partial charge < -0.3 is 10.2 Å². The SMILES string of the molecule is CCNc1cncc(N2CCCC2CC)n1. The fourth-order valence-corrected chi connectivity index (χ4v) is 2.32. The van der Waals surface area contributed by atoms with Gasteiger partial charge in [-0.2, -0.15) is 0 Å². The van der Waals surface area contributed by atoms with Crippen molar-refractivity contribution < 1.29 is 0 Å². The van der Waals surface area contributed by atoms with Crippen molar-refractivity contribution in [3.63, 3.8) is 0 Å². The molecule has 1 unspecified atom stereocenters. The summed E-state index contributed by atoms with van der Waals surface area (Å²) < 4.78 is 0. The van der Waals surface area contributed by atoms with E-state index >= 15 is 0 Å². The zero-order valence-electron chi connectivity index (χ0n) is 10.1. The van der Waals surface area contributed by atoms with E-state index in [1.807, 2.05) is 6.20 Å². The number of hydrogen-bond acceptors (Lipinski definition) is 4. The van der Waals surface area contributed by atoms with Crippen molar-refractivity contribution in [2.45, 2.75) is 39.2 Å². The summed E-state index contributed by atoms with van der Waals surface area (Å²) >= 11 is 0. The molecule has 1 aliphatic rings. The molecule has 0 radical (unpaired) electrons. The summed E-state index contributed by atoms with van der Waals surface area (Å²) in [7, 11) is 0. The molecule has 0 aliphatic carbocycles. The molecule has 0 saturated carbocycles. The minimum Gasteiger partial charge on any atom is -0.369 e. The highest BCUT2D eigenvalue weighted by atomic mass is 15.2. The molecule has 4 nitrogen and oxygen atoms in total. The Balaban J connectivity index is 2.16. The van der Waals surface area contributed by atoms with Crippen LogP contribution >= 0.6 is 0 Å². The molecule has 0 spiro atoms. The molecule has 0 aromatic carbocycles. The summed E-state index contributed by atoms with van der Waals surface area (Å²) in [6, 6.07) is 0.645. The standard InChI is InChI=1S/C12H20N4/c1-3-10-6-5-7-16(10)12-9-13-8-11(15-12)14-4-2/h8-10H,3-7H2,1-2H3,(H,14,15). The molecule has 1 aromatic rings. The number of nitrogens with zero attached hydrogens (tertiary/aromatic N) is 3. The highest BCUT2D eigenvalue weighted by molar-refractivity contribution is 5.45. The fourth-order valence-electron chi connectivity index (χ4n) is 2.32. The monoisotopic (exact) mass is 220 g/mol. The first-order chi connectivity index (χ1) is 7.85. The zero-order valence-corrected chi connectivity index (χ0v) is 10.1. The van der Waals surface area contributed by atoms with E-state index in [0.717, 1.165) is 24.7 Å². The second-order valence-corrected chi connectivity index (χ2v) is 4.19. The van der Waals surface area contributed by atoms with Crippen molar-refractivity contribution in [3.05, 3.63) is 12.4 Å². The maximum Gasteiger partial charge on any atom is 0.149 e. The van der Waals surface area contributed by atoms with Crippen LogP contribution in [-0.4, -0.2) is 29.1 Å². The van der Waals surface area contributed by atoms with E-state index in [4.69, 9.17) is 0 Å². The van der Waals surface area contributed by atoms with Gasteiger partial charge in [0, 0.05) is 19.1 Å². The Labute approximate surface area is 97.1 Å². The van der Waals surface area contributed by atoms with E-state index in [-0.39, 0.29) is 0 Å². The Morgan fingerprint density at radius 2 is 2.31 bits per heavy atom. The molecular weight excluding hydrogens is 200 g/mol. The van der Waals surface area contributed by atoms with Crippen LogP contribution < -0.4 is 10.2 Å². The Bertz CT molecular complexity index is 340. The van der Waals surface area contributed by atoms with E-state index in [9.17, 15) is 0 Å². The first kappa shape index (κ1) is 11.2. The fraction of sp³-hybridized carbons (Fsp3) is 0.667. The summed E-state index contributed by atoms with van der Waals surface area (Å²) in [6.45, 7) is 6.31. The largest absolute Gasteiger partial charge is 0.369 e. The average Bonchev–Trinajstić information content (AvgIpc) is 2.78. The lowest BCUT2D eigenvalue weighted by Crippen LogP contribution is -2.29. The van der Waals surface area contributed by atoms with E-state index in [1.165, 1.54) is 19.3 Å². The quantitative estimate of drug-likeness (QED) is 0.845. The third-order valence-electron chi connectivity index (χ3n) is 3.12. The van der Waals surface area contributed by atoms with E-state index in [0.29, 0.717) is 6.04 Å². The van der Waals surface area contributed by atoms with Crippen LogP contribution in [0.3, 0.4) is 0 Å². The predicted molar refractivity (Wildman–Crippen MR) is 66.9 cm³/mol. The normalized spacial score (nSPS) is 20.1. The lowest BCUT2D eigenvalue weighted by atomic mass is 10.2. The molecule has 16 heavy (non-hydrogen) atoms. The predicted octanol–water partition coefficient (Wildman–Crippen LogP) is 2.29. The Hall–Kier alpha value is -1.32. The van der Waals surface area contributed by atoms with Crippen molar-refractivity contribution in [2.75, 3.05) is 23.3 Å². The van der Waals surface area contributed by atoms with Gasteiger partial charge in [-0.25, -0.2) is 4.98 Å². The Morgan fingerprint density at radius 3 is 3.06 bits per heavy atom. The maximum absolute atomic E-state index is 4.60. The number of aromatic nitrogens is 2. The number of rotatable bonds is 4. The van der Waals surface area contributed by atoms with Crippen LogP contribution in [0.1, 0.15) is 33.1 Å². The molecule has 1 saturated heterocycles. The third kappa shape index (κ3) is 2.26. The van der Waals surface area contributed by atoms with Crippen LogP contribution in [0.25, 0.3) is 0 Å². The summed E-state index contributed by atoms with van der Waals surface area (Å²) in [6.07, 6.45) is 7.39. The van der Waals surface area contributed by atoms with E-state index < -0.39 is 0 Å². The van der Waals surface area contributed by atoms with Gasteiger partial charge in [-0.15, -0.1) is 0 Å². The highest BCUT2D eigenvalue weighted by Crippen LogP contribution is 2.25. The molecule has 88 valence electrons. The van der Waals surface area contributed by atoms with Crippen LogP contribution in [0.15, 0.2) is 12.4 Å². The summed E-state index contributed by atoms with van der Waals surface area (Å²) in [5.74, 6) is 1.89. The van der Waals surface area contributed by atoms with Gasteiger partial charge in [-0.05, 0) is 26.2 Å².